The standard InChI is InChI=1S/C22H34N6O4/c1-15-11-27(13-19-23-21(31-25-19)17-3-7-29-8-4-17)12-16(2)28(15)14-20-24-22(32-26-20)18-5-9-30-10-6-18/h15-18H,3-14H2,1-2H3/t15-,16+. The maximum atomic E-state index is 5.58. The Hall–Kier alpha value is -1.88. The third-order valence-corrected chi connectivity index (χ3v) is 6.97. The van der Waals surface area contributed by atoms with Crippen molar-refractivity contribution in [2.24, 2.45) is 0 Å². The predicted octanol–water partition coefficient (Wildman–Crippen LogP) is 2.34. The van der Waals surface area contributed by atoms with Crippen LogP contribution in [0.15, 0.2) is 9.05 Å². The second-order valence-electron chi connectivity index (χ2n) is 9.44. The SMILES string of the molecule is C[C@@H]1CN(Cc2noc(C3CCOCC3)n2)C[C@H](C)N1Cc1noc(C2CCOCC2)n1. The van der Waals surface area contributed by atoms with Gasteiger partial charge in [-0.15, -0.1) is 0 Å². The van der Waals surface area contributed by atoms with Crippen molar-refractivity contribution in [2.45, 2.75) is 76.5 Å². The van der Waals surface area contributed by atoms with Crippen molar-refractivity contribution in [3.63, 3.8) is 0 Å². The van der Waals surface area contributed by atoms with Gasteiger partial charge in [0.1, 0.15) is 0 Å². The lowest BCUT2D eigenvalue weighted by Crippen LogP contribution is -2.55. The number of aromatic nitrogens is 4. The molecule has 10 heteroatoms. The van der Waals surface area contributed by atoms with E-state index >= 15 is 0 Å². The van der Waals surface area contributed by atoms with Crippen LogP contribution < -0.4 is 0 Å². The van der Waals surface area contributed by atoms with E-state index in [-0.39, 0.29) is 0 Å². The molecule has 5 rings (SSSR count). The molecule has 0 N–H and O–H groups in total. The smallest absolute Gasteiger partial charge is 0.229 e. The van der Waals surface area contributed by atoms with Crippen LogP contribution in [0.5, 0.6) is 0 Å². The van der Waals surface area contributed by atoms with Crippen molar-refractivity contribution in [1.29, 1.82) is 0 Å². The molecule has 5 heterocycles. The van der Waals surface area contributed by atoms with Gasteiger partial charge in [-0.3, -0.25) is 9.80 Å². The molecular weight excluding hydrogens is 412 g/mol. The van der Waals surface area contributed by atoms with Crippen LogP contribution in [0.3, 0.4) is 0 Å². The average Bonchev–Trinajstić information content (AvgIpc) is 3.47. The Labute approximate surface area is 188 Å². The van der Waals surface area contributed by atoms with Crippen molar-refractivity contribution in [3.8, 4) is 0 Å². The highest BCUT2D eigenvalue weighted by Crippen LogP contribution is 2.27. The fourth-order valence-corrected chi connectivity index (χ4v) is 5.15. The number of ether oxygens (including phenoxy) is 2. The van der Waals surface area contributed by atoms with E-state index in [1.807, 2.05) is 0 Å². The molecular formula is C22H34N6O4. The van der Waals surface area contributed by atoms with E-state index in [2.05, 4.69) is 38.9 Å². The lowest BCUT2D eigenvalue weighted by molar-refractivity contribution is 0.0254. The van der Waals surface area contributed by atoms with Gasteiger partial charge in [0.2, 0.25) is 11.8 Å². The zero-order chi connectivity index (χ0) is 21.9. The molecule has 3 aliphatic rings. The Morgan fingerprint density at radius 3 is 1.69 bits per heavy atom. The molecule has 2 aromatic rings. The van der Waals surface area contributed by atoms with Gasteiger partial charge in [0.15, 0.2) is 11.6 Å². The second kappa shape index (κ2) is 9.94. The van der Waals surface area contributed by atoms with Gasteiger partial charge in [-0.25, -0.2) is 0 Å². The fraction of sp³-hybridized carbons (Fsp3) is 0.818. The minimum atomic E-state index is 0.331. The largest absolute Gasteiger partial charge is 0.381 e. The van der Waals surface area contributed by atoms with Crippen LogP contribution >= 0.6 is 0 Å². The summed E-state index contributed by atoms with van der Waals surface area (Å²) in [4.78, 5) is 14.3. The number of hydrogen-bond acceptors (Lipinski definition) is 10. The highest BCUT2D eigenvalue weighted by atomic mass is 16.5. The summed E-state index contributed by atoms with van der Waals surface area (Å²) in [6.45, 7) is 10.9. The lowest BCUT2D eigenvalue weighted by Gasteiger charge is -2.43. The van der Waals surface area contributed by atoms with E-state index in [1.165, 1.54) is 0 Å². The zero-order valence-corrected chi connectivity index (χ0v) is 19.1. The van der Waals surface area contributed by atoms with Crippen LogP contribution in [-0.4, -0.2) is 81.7 Å². The molecule has 0 saturated carbocycles. The molecule has 0 spiro atoms. The number of nitrogens with zero attached hydrogens (tertiary/aromatic N) is 6. The van der Waals surface area contributed by atoms with E-state index < -0.39 is 0 Å². The van der Waals surface area contributed by atoms with Crippen LogP contribution in [-0.2, 0) is 22.6 Å². The first-order chi connectivity index (χ1) is 15.7. The van der Waals surface area contributed by atoms with E-state index in [1.54, 1.807) is 0 Å². The molecule has 0 amide bonds. The summed E-state index contributed by atoms with van der Waals surface area (Å²) in [7, 11) is 0. The van der Waals surface area contributed by atoms with Crippen molar-refractivity contribution in [2.75, 3.05) is 39.5 Å². The second-order valence-corrected chi connectivity index (χ2v) is 9.44. The summed E-state index contributed by atoms with van der Waals surface area (Å²) in [6.07, 6.45) is 3.83. The highest BCUT2D eigenvalue weighted by molar-refractivity contribution is 4.99. The van der Waals surface area contributed by atoms with Gasteiger partial charge in [-0.05, 0) is 39.5 Å². The molecule has 3 fully saturated rings. The van der Waals surface area contributed by atoms with Crippen LogP contribution in [0.4, 0.5) is 0 Å². The van der Waals surface area contributed by atoms with E-state index in [9.17, 15) is 0 Å². The topological polar surface area (TPSA) is 103 Å². The fourth-order valence-electron chi connectivity index (χ4n) is 5.15. The Morgan fingerprint density at radius 2 is 1.19 bits per heavy atom. The molecule has 3 aliphatic heterocycles. The van der Waals surface area contributed by atoms with Gasteiger partial charge in [0.25, 0.3) is 0 Å². The summed E-state index contributed by atoms with van der Waals surface area (Å²) in [5.41, 5.74) is 0. The van der Waals surface area contributed by atoms with Crippen LogP contribution in [0.1, 0.15) is 74.8 Å². The Morgan fingerprint density at radius 1 is 0.719 bits per heavy atom. The molecule has 0 radical (unpaired) electrons. The number of piperazine rings is 1. The molecule has 32 heavy (non-hydrogen) atoms. The predicted molar refractivity (Wildman–Crippen MR) is 114 cm³/mol. The Balaban J connectivity index is 1.15. The summed E-state index contributed by atoms with van der Waals surface area (Å²) in [6, 6.07) is 0.733. The van der Waals surface area contributed by atoms with Crippen LogP contribution in [0.25, 0.3) is 0 Å². The monoisotopic (exact) mass is 446 g/mol. The van der Waals surface area contributed by atoms with E-state index in [0.717, 1.165) is 88.6 Å². The van der Waals surface area contributed by atoms with Gasteiger partial charge in [-0.1, -0.05) is 10.3 Å². The van der Waals surface area contributed by atoms with E-state index in [0.29, 0.717) is 37.0 Å². The third kappa shape index (κ3) is 5.03. The van der Waals surface area contributed by atoms with Crippen molar-refractivity contribution in [3.05, 3.63) is 23.4 Å². The first kappa shape index (κ1) is 21.9. The minimum absolute atomic E-state index is 0.331. The molecule has 0 bridgehead atoms. The summed E-state index contributed by atoms with van der Waals surface area (Å²) < 4.78 is 22.0. The minimum Gasteiger partial charge on any atom is -0.381 e. The van der Waals surface area contributed by atoms with E-state index in [4.69, 9.17) is 23.5 Å². The Bertz CT molecular complexity index is 848. The van der Waals surface area contributed by atoms with Crippen molar-refractivity contribution in [1.82, 2.24) is 30.1 Å². The number of rotatable bonds is 6. The molecule has 176 valence electrons. The van der Waals surface area contributed by atoms with Gasteiger partial charge in [0.05, 0.1) is 13.1 Å². The first-order valence-electron chi connectivity index (χ1n) is 11.9. The van der Waals surface area contributed by atoms with Gasteiger partial charge in [-0.2, -0.15) is 9.97 Å². The lowest BCUT2D eigenvalue weighted by atomic mass is 10.0. The summed E-state index contributed by atoms with van der Waals surface area (Å²) >= 11 is 0. The van der Waals surface area contributed by atoms with Crippen LogP contribution in [0, 0.1) is 0 Å². The van der Waals surface area contributed by atoms with Crippen LogP contribution in [0.2, 0.25) is 0 Å². The van der Waals surface area contributed by atoms with Gasteiger partial charge < -0.3 is 18.5 Å². The molecule has 2 atom stereocenters. The highest BCUT2D eigenvalue weighted by Gasteiger charge is 2.32. The molecule has 0 unspecified atom stereocenters. The van der Waals surface area contributed by atoms with Crippen molar-refractivity contribution >= 4 is 0 Å². The Kier molecular flexibility index (Phi) is 6.82. The zero-order valence-electron chi connectivity index (χ0n) is 19.1. The molecule has 3 saturated heterocycles. The molecule has 0 aliphatic carbocycles. The normalized spacial score (nSPS) is 27.2. The maximum Gasteiger partial charge on any atom is 0.229 e. The summed E-state index contributed by atoms with van der Waals surface area (Å²) in [5, 5.41) is 8.51. The van der Waals surface area contributed by atoms with Crippen molar-refractivity contribution < 1.29 is 18.5 Å². The molecule has 2 aromatic heterocycles. The van der Waals surface area contributed by atoms with Gasteiger partial charge >= 0.3 is 0 Å². The molecule has 0 aromatic carbocycles. The first-order valence-corrected chi connectivity index (χ1v) is 11.9. The maximum absolute atomic E-state index is 5.58. The average molecular weight is 447 g/mol. The number of hydrogen-bond donors (Lipinski definition) is 0. The molecule has 10 nitrogen and oxygen atoms in total. The van der Waals surface area contributed by atoms with Gasteiger partial charge in [0, 0.05) is 63.4 Å². The third-order valence-electron chi connectivity index (χ3n) is 6.97. The summed E-state index contributed by atoms with van der Waals surface area (Å²) in [5.74, 6) is 3.75. The quantitative estimate of drug-likeness (QED) is 0.657.